The lowest BCUT2D eigenvalue weighted by molar-refractivity contribution is -0.126. The second-order valence-electron chi connectivity index (χ2n) is 8.79. The molecule has 4 atom stereocenters. The first kappa shape index (κ1) is 29.1. The van der Waals surface area contributed by atoms with E-state index in [4.69, 9.17) is 14.2 Å². The Balaban J connectivity index is 0.00000380. The smallest absolute Gasteiger partial charge is 0.393 e. The normalized spacial score (nSPS) is 23.8. The third kappa shape index (κ3) is 6.72. The molecule has 206 valence electrons. The number of halogens is 4. The number of anilines is 1. The Labute approximate surface area is 222 Å². The number of rotatable bonds is 9. The van der Waals surface area contributed by atoms with Crippen LogP contribution in [0.25, 0.3) is 10.2 Å². The van der Waals surface area contributed by atoms with Gasteiger partial charge in [0.2, 0.25) is 0 Å². The van der Waals surface area contributed by atoms with E-state index in [0.717, 1.165) is 11.3 Å². The number of hydrogen-bond donors (Lipinski definition) is 2. The van der Waals surface area contributed by atoms with E-state index < -0.39 is 18.7 Å². The van der Waals surface area contributed by atoms with Crippen molar-refractivity contribution in [2.45, 2.75) is 56.1 Å². The van der Waals surface area contributed by atoms with Crippen LogP contribution in [0.5, 0.6) is 6.01 Å². The summed E-state index contributed by atoms with van der Waals surface area (Å²) < 4.78 is 54.6. The SMILES string of the molecule is COC1=C(OC)N=NC(CN[C@H]2C[C@@H](O)[C@@H](N(C)c3nc(OC)nc4sc(CC(F)(F)F)cc34)C2)C1.Cl. The number of aliphatic hydroxyl groups is 1. The molecule has 10 nitrogen and oxygen atoms in total. The summed E-state index contributed by atoms with van der Waals surface area (Å²) in [6.45, 7) is 0.540. The monoisotopic (exact) mass is 566 g/mol. The molecule has 4 rings (SSSR count). The van der Waals surface area contributed by atoms with E-state index in [1.54, 1.807) is 19.1 Å². The van der Waals surface area contributed by atoms with Crippen LogP contribution in [0.15, 0.2) is 27.9 Å². The van der Waals surface area contributed by atoms with Gasteiger partial charge in [-0.1, -0.05) is 0 Å². The second-order valence-corrected chi connectivity index (χ2v) is 9.90. The fraction of sp³-hybridized carbons (Fsp3) is 0.636. The Kier molecular flexibility index (Phi) is 9.42. The largest absolute Gasteiger partial charge is 0.495 e. The van der Waals surface area contributed by atoms with Crippen molar-refractivity contribution in [3.8, 4) is 6.01 Å². The van der Waals surface area contributed by atoms with Gasteiger partial charge in [-0.3, -0.25) is 0 Å². The minimum Gasteiger partial charge on any atom is -0.495 e. The lowest BCUT2D eigenvalue weighted by Crippen LogP contribution is -2.39. The van der Waals surface area contributed by atoms with E-state index >= 15 is 0 Å². The van der Waals surface area contributed by atoms with Gasteiger partial charge in [0.15, 0.2) is 5.76 Å². The number of ether oxygens (including phenoxy) is 3. The van der Waals surface area contributed by atoms with E-state index in [1.165, 1.54) is 20.3 Å². The quantitative estimate of drug-likeness (QED) is 0.471. The van der Waals surface area contributed by atoms with Crippen LogP contribution >= 0.6 is 23.7 Å². The van der Waals surface area contributed by atoms with E-state index in [2.05, 4.69) is 25.5 Å². The van der Waals surface area contributed by atoms with Gasteiger partial charge in [-0.05, 0) is 18.9 Å². The van der Waals surface area contributed by atoms with Crippen LogP contribution in [0.4, 0.5) is 19.0 Å². The zero-order valence-corrected chi connectivity index (χ0v) is 22.4. The van der Waals surface area contributed by atoms with Gasteiger partial charge in [-0.2, -0.15) is 28.3 Å². The lowest BCUT2D eigenvalue weighted by Gasteiger charge is -2.28. The molecule has 0 saturated heterocycles. The molecule has 37 heavy (non-hydrogen) atoms. The summed E-state index contributed by atoms with van der Waals surface area (Å²) >= 11 is 0.962. The van der Waals surface area contributed by atoms with E-state index in [-0.39, 0.29) is 41.4 Å². The highest BCUT2D eigenvalue weighted by molar-refractivity contribution is 7.18. The number of alkyl halides is 3. The maximum atomic E-state index is 13.0. The average Bonchev–Trinajstić information content (AvgIpc) is 3.42. The van der Waals surface area contributed by atoms with Gasteiger partial charge in [-0.25, -0.2) is 0 Å². The molecule has 2 aromatic heterocycles. The highest BCUT2D eigenvalue weighted by Gasteiger charge is 2.37. The molecule has 0 bridgehead atoms. The van der Waals surface area contributed by atoms with E-state index in [9.17, 15) is 18.3 Å². The fourth-order valence-electron chi connectivity index (χ4n) is 4.59. The molecule has 15 heteroatoms. The molecule has 0 radical (unpaired) electrons. The van der Waals surface area contributed by atoms with Gasteiger partial charge in [0.1, 0.15) is 10.6 Å². The van der Waals surface area contributed by atoms with Crippen molar-refractivity contribution in [2.75, 3.05) is 39.8 Å². The van der Waals surface area contributed by atoms with Crippen LogP contribution in [-0.2, 0) is 15.9 Å². The van der Waals surface area contributed by atoms with Crippen LogP contribution in [0.3, 0.4) is 0 Å². The van der Waals surface area contributed by atoms with Crippen molar-refractivity contribution in [1.82, 2.24) is 15.3 Å². The Bertz CT molecular complexity index is 1150. The topological polar surface area (TPSA) is 114 Å². The number of methoxy groups -OCH3 is 3. The molecule has 2 N–H and O–H groups in total. The standard InChI is InChI=1S/C22H29F3N6O4S.ClH/c1-31(18-14-8-13(9-22(23,24)25)36-20(14)28-21(27-18)35-4)15-5-11(6-16(15)32)26-10-12-7-17(33-2)19(34-3)30-29-12;/h8,11-12,15-16,26,32H,5-7,9-10H2,1-4H3;1H/t11-,12?,15+,16-;/m1./s1. The van der Waals surface area contributed by atoms with Crippen LogP contribution in [0.2, 0.25) is 0 Å². The Morgan fingerprint density at radius 3 is 2.57 bits per heavy atom. The van der Waals surface area contributed by atoms with Crippen molar-refractivity contribution in [2.24, 2.45) is 10.2 Å². The van der Waals surface area contributed by atoms with Crippen LogP contribution in [0, 0.1) is 0 Å². The minimum absolute atomic E-state index is 0. The second kappa shape index (κ2) is 12.0. The number of fused-ring (bicyclic) bond motifs is 1. The predicted molar refractivity (Wildman–Crippen MR) is 135 cm³/mol. The molecule has 2 aliphatic rings. The highest BCUT2D eigenvalue weighted by Crippen LogP contribution is 2.37. The third-order valence-electron chi connectivity index (χ3n) is 6.34. The molecular weight excluding hydrogens is 537 g/mol. The van der Waals surface area contributed by atoms with E-state index in [0.29, 0.717) is 53.5 Å². The van der Waals surface area contributed by atoms with Gasteiger partial charge in [-0.15, -0.1) is 28.9 Å². The number of aliphatic hydroxyl groups excluding tert-OH is 1. The van der Waals surface area contributed by atoms with Gasteiger partial charge >= 0.3 is 12.2 Å². The first-order valence-electron chi connectivity index (χ1n) is 11.4. The summed E-state index contributed by atoms with van der Waals surface area (Å²) in [5.74, 6) is 1.42. The van der Waals surface area contributed by atoms with Gasteiger partial charge in [0, 0.05) is 30.9 Å². The Morgan fingerprint density at radius 1 is 1.16 bits per heavy atom. The molecule has 2 aromatic rings. The molecular formula is C22H30ClF3N6O4S. The first-order valence-corrected chi connectivity index (χ1v) is 12.2. The van der Waals surface area contributed by atoms with E-state index in [1.807, 2.05) is 0 Å². The zero-order valence-electron chi connectivity index (χ0n) is 20.8. The molecule has 1 aliphatic heterocycles. The minimum atomic E-state index is -4.33. The fourth-order valence-corrected chi connectivity index (χ4v) is 5.63. The van der Waals surface area contributed by atoms with Crippen molar-refractivity contribution in [1.29, 1.82) is 0 Å². The summed E-state index contributed by atoms with van der Waals surface area (Å²) in [5, 5.41) is 23.1. The Hall–Kier alpha value is -2.42. The molecule has 1 aliphatic carbocycles. The van der Waals surface area contributed by atoms with Gasteiger partial charge in [0.05, 0.1) is 51.3 Å². The van der Waals surface area contributed by atoms with Gasteiger partial charge in [0.25, 0.3) is 5.88 Å². The van der Waals surface area contributed by atoms with Crippen LogP contribution < -0.4 is 15.0 Å². The molecule has 0 amide bonds. The molecule has 0 aromatic carbocycles. The van der Waals surface area contributed by atoms with Crippen LogP contribution in [0.1, 0.15) is 24.1 Å². The number of azo groups is 1. The maximum absolute atomic E-state index is 13.0. The average molecular weight is 567 g/mol. The number of aromatic nitrogens is 2. The number of nitrogens with one attached hydrogen (secondary N) is 1. The summed E-state index contributed by atoms with van der Waals surface area (Å²) in [7, 11) is 6.25. The maximum Gasteiger partial charge on any atom is 0.393 e. The first-order chi connectivity index (χ1) is 17.1. The van der Waals surface area contributed by atoms with Gasteiger partial charge < -0.3 is 29.5 Å². The zero-order chi connectivity index (χ0) is 26.0. The number of hydrogen-bond acceptors (Lipinski definition) is 11. The molecule has 1 unspecified atom stereocenters. The summed E-state index contributed by atoms with van der Waals surface area (Å²) in [4.78, 5) is 11.0. The molecule has 0 spiro atoms. The van der Waals surface area contributed by atoms with Crippen molar-refractivity contribution < 1.29 is 32.5 Å². The molecule has 1 fully saturated rings. The lowest BCUT2D eigenvalue weighted by atomic mass is 10.1. The number of likely N-dealkylation sites (N-methyl/N-ethyl adjacent to an activating group) is 1. The molecule has 3 heterocycles. The van der Waals surface area contributed by atoms with Crippen LogP contribution in [-0.4, -0.2) is 80.4 Å². The number of thiophene rings is 1. The molecule has 1 saturated carbocycles. The highest BCUT2D eigenvalue weighted by atomic mass is 35.5. The number of nitrogens with zero attached hydrogens (tertiary/aromatic N) is 5. The summed E-state index contributed by atoms with van der Waals surface area (Å²) in [5.41, 5.74) is 0. The Morgan fingerprint density at radius 2 is 1.92 bits per heavy atom. The van der Waals surface area contributed by atoms with Crippen molar-refractivity contribution in [3.63, 3.8) is 0 Å². The third-order valence-corrected chi connectivity index (χ3v) is 7.37. The summed E-state index contributed by atoms with van der Waals surface area (Å²) in [6.07, 6.45) is -4.38. The predicted octanol–water partition coefficient (Wildman–Crippen LogP) is 3.83. The van der Waals surface area contributed by atoms with Crippen molar-refractivity contribution in [3.05, 3.63) is 22.6 Å². The van der Waals surface area contributed by atoms with Crippen molar-refractivity contribution >= 4 is 39.8 Å². The summed E-state index contributed by atoms with van der Waals surface area (Å²) in [6, 6.07) is 1.10.